The minimum absolute atomic E-state index is 0.326. The number of aryl methyl sites for hydroxylation is 1. The summed E-state index contributed by atoms with van der Waals surface area (Å²) >= 11 is 5.78. The molecular weight excluding hydrogens is 536 g/mol. The fourth-order valence-electron chi connectivity index (χ4n) is 4.62. The highest BCUT2D eigenvalue weighted by Gasteiger charge is 2.42. The zero-order valence-electron chi connectivity index (χ0n) is 21.4. The molecule has 1 fully saturated rings. The van der Waals surface area contributed by atoms with Gasteiger partial charge in [0.05, 0.1) is 36.4 Å². The van der Waals surface area contributed by atoms with E-state index in [4.69, 9.17) is 21.4 Å². The zero-order valence-corrected chi connectivity index (χ0v) is 23.0. The first-order valence-electron chi connectivity index (χ1n) is 12.0. The standard InChI is InChI=1S/C28H26N4O5S2/c1-17-15-20(10-11-21(17)31-39(3,34)35)32-26(25(30-28(32)38)22-9-4-5-14-29-22)24-13-12-23(37-24)18-7-6-8-19(16-18)27(33)36-2/h4-16,25-26,31H,1-3H3,(H,30,38)/t25-,26-/m1/s1. The molecule has 200 valence electrons. The van der Waals surface area contributed by atoms with Crippen LogP contribution < -0.4 is 14.9 Å². The first-order chi connectivity index (χ1) is 18.6. The van der Waals surface area contributed by atoms with Gasteiger partial charge in [-0.1, -0.05) is 18.2 Å². The van der Waals surface area contributed by atoms with Crippen molar-refractivity contribution in [1.82, 2.24) is 10.3 Å². The second-order valence-corrected chi connectivity index (χ2v) is 11.3. The molecule has 5 rings (SSSR count). The molecule has 39 heavy (non-hydrogen) atoms. The van der Waals surface area contributed by atoms with Crippen LogP contribution in [0.1, 0.15) is 39.5 Å². The Hall–Kier alpha value is -4.22. The molecule has 3 heterocycles. The number of benzene rings is 2. The molecule has 2 N–H and O–H groups in total. The maximum atomic E-state index is 12.0. The Kier molecular flexibility index (Phi) is 7.11. The second-order valence-electron chi connectivity index (χ2n) is 9.14. The maximum Gasteiger partial charge on any atom is 0.337 e. The lowest BCUT2D eigenvalue weighted by atomic mass is 10.0. The monoisotopic (exact) mass is 562 g/mol. The summed E-state index contributed by atoms with van der Waals surface area (Å²) in [5.74, 6) is 0.782. The predicted octanol–water partition coefficient (Wildman–Crippen LogP) is 4.99. The molecule has 11 heteroatoms. The molecule has 2 aromatic heterocycles. The van der Waals surface area contributed by atoms with Gasteiger partial charge in [0.25, 0.3) is 0 Å². The number of carbonyl (C=O) groups excluding carboxylic acids is 1. The molecule has 4 aromatic rings. The number of nitrogens with one attached hydrogen (secondary N) is 2. The highest BCUT2D eigenvalue weighted by atomic mass is 32.2. The van der Waals surface area contributed by atoms with Crippen molar-refractivity contribution >= 4 is 44.7 Å². The predicted molar refractivity (Wildman–Crippen MR) is 153 cm³/mol. The molecule has 1 saturated heterocycles. The molecule has 0 aliphatic carbocycles. The SMILES string of the molecule is COC(=O)c1cccc(-c2ccc([C@@H]3[C@@H](c4ccccn4)NC(=S)N3c3ccc(NS(C)(=O)=O)c(C)c3)o2)c1. The molecule has 9 nitrogen and oxygen atoms in total. The van der Waals surface area contributed by atoms with Crippen molar-refractivity contribution in [2.45, 2.75) is 19.0 Å². The lowest BCUT2D eigenvalue weighted by Gasteiger charge is -2.26. The number of anilines is 2. The van der Waals surface area contributed by atoms with Gasteiger partial charge in [0, 0.05) is 17.4 Å². The minimum atomic E-state index is -3.43. The van der Waals surface area contributed by atoms with Crippen LogP contribution in [0.5, 0.6) is 0 Å². The molecular formula is C28H26N4O5S2. The van der Waals surface area contributed by atoms with E-state index in [0.29, 0.717) is 27.9 Å². The van der Waals surface area contributed by atoms with Crippen molar-refractivity contribution in [2.24, 2.45) is 0 Å². The van der Waals surface area contributed by atoms with Gasteiger partial charge in [0.1, 0.15) is 17.6 Å². The van der Waals surface area contributed by atoms with Crippen molar-refractivity contribution in [3.05, 3.63) is 102 Å². The van der Waals surface area contributed by atoms with E-state index in [1.807, 2.05) is 60.4 Å². The molecule has 0 saturated carbocycles. The van der Waals surface area contributed by atoms with Crippen LogP contribution in [0.3, 0.4) is 0 Å². The number of methoxy groups -OCH3 is 1. The summed E-state index contributed by atoms with van der Waals surface area (Å²) in [6.07, 6.45) is 2.84. The number of furan rings is 1. The maximum absolute atomic E-state index is 12.0. The van der Waals surface area contributed by atoms with Crippen molar-refractivity contribution in [1.29, 1.82) is 0 Å². The Morgan fingerprint density at radius 3 is 2.62 bits per heavy atom. The molecule has 0 bridgehead atoms. The second kappa shape index (κ2) is 10.5. The molecule has 0 radical (unpaired) electrons. The van der Waals surface area contributed by atoms with Crippen LogP contribution in [0.25, 0.3) is 11.3 Å². The van der Waals surface area contributed by atoms with E-state index in [1.54, 1.807) is 30.5 Å². The summed E-state index contributed by atoms with van der Waals surface area (Å²) in [6, 6.07) is 21.1. The van der Waals surface area contributed by atoms with E-state index in [9.17, 15) is 13.2 Å². The third-order valence-corrected chi connectivity index (χ3v) is 7.27. The summed E-state index contributed by atoms with van der Waals surface area (Å²) < 4.78 is 37.3. The number of aromatic nitrogens is 1. The molecule has 2 aromatic carbocycles. The molecule has 1 aliphatic heterocycles. The van der Waals surface area contributed by atoms with E-state index in [-0.39, 0.29) is 6.04 Å². The Morgan fingerprint density at radius 1 is 1.10 bits per heavy atom. The molecule has 0 amide bonds. The number of hydrogen-bond acceptors (Lipinski definition) is 7. The fraction of sp³-hybridized carbons (Fsp3) is 0.179. The van der Waals surface area contributed by atoms with Gasteiger partial charge in [-0.25, -0.2) is 13.2 Å². The van der Waals surface area contributed by atoms with E-state index < -0.39 is 22.0 Å². The number of sulfonamides is 1. The third kappa shape index (κ3) is 5.50. The van der Waals surface area contributed by atoms with Crippen LogP contribution in [-0.4, -0.2) is 37.8 Å². The summed E-state index contributed by atoms with van der Waals surface area (Å²) in [5, 5.41) is 3.86. The summed E-state index contributed by atoms with van der Waals surface area (Å²) in [6.45, 7) is 1.83. The Morgan fingerprint density at radius 2 is 1.92 bits per heavy atom. The van der Waals surface area contributed by atoms with Gasteiger partial charge in [-0.2, -0.15) is 0 Å². The zero-order chi connectivity index (χ0) is 27.7. The van der Waals surface area contributed by atoms with Gasteiger partial charge >= 0.3 is 5.97 Å². The van der Waals surface area contributed by atoms with Crippen LogP contribution in [0.15, 0.2) is 83.4 Å². The minimum Gasteiger partial charge on any atom is -0.465 e. The third-order valence-electron chi connectivity index (χ3n) is 6.37. The van der Waals surface area contributed by atoms with Crippen molar-refractivity contribution in [3.8, 4) is 11.3 Å². The van der Waals surface area contributed by atoms with Gasteiger partial charge in [-0.3, -0.25) is 9.71 Å². The average Bonchev–Trinajstić information content (AvgIpc) is 3.54. The van der Waals surface area contributed by atoms with Crippen LogP contribution >= 0.6 is 12.2 Å². The highest BCUT2D eigenvalue weighted by Crippen LogP contribution is 2.43. The van der Waals surface area contributed by atoms with Crippen molar-refractivity contribution in [2.75, 3.05) is 23.0 Å². The highest BCUT2D eigenvalue weighted by molar-refractivity contribution is 7.92. The number of rotatable bonds is 7. The number of nitrogens with zero attached hydrogens (tertiary/aromatic N) is 2. The first kappa shape index (κ1) is 26.4. The van der Waals surface area contributed by atoms with Crippen LogP contribution in [0.4, 0.5) is 11.4 Å². The van der Waals surface area contributed by atoms with Crippen LogP contribution in [0, 0.1) is 6.92 Å². The van der Waals surface area contributed by atoms with Gasteiger partial charge in [-0.15, -0.1) is 0 Å². The van der Waals surface area contributed by atoms with Crippen molar-refractivity contribution < 1.29 is 22.4 Å². The topological polar surface area (TPSA) is 114 Å². The number of hydrogen-bond donors (Lipinski definition) is 2. The molecule has 2 atom stereocenters. The number of pyridine rings is 1. The molecule has 0 spiro atoms. The van der Waals surface area contributed by atoms with Gasteiger partial charge < -0.3 is 19.4 Å². The van der Waals surface area contributed by atoms with E-state index >= 15 is 0 Å². The Balaban J connectivity index is 1.57. The summed E-state index contributed by atoms with van der Waals surface area (Å²) in [4.78, 5) is 18.6. The largest absolute Gasteiger partial charge is 0.465 e. The number of esters is 1. The molecule has 0 unspecified atom stereocenters. The van der Waals surface area contributed by atoms with Gasteiger partial charge in [0.2, 0.25) is 10.0 Å². The van der Waals surface area contributed by atoms with Gasteiger partial charge in [0.15, 0.2) is 5.11 Å². The Labute approximate surface area is 231 Å². The van der Waals surface area contributed by atoms with Gasteiger partial charge in [-0.05, 0) is 79.3 Å². The van der Waals surface area contributed by atoms with E-state index in [0.717, 1.165) is 28.8 Å². The van der Waals surface area contributed by atoms with Crippen molar-refractivity contribution in [3.63, 3.8) is 0 Å². The quantitative estimate of drug-likeness (QED) is 0.238. The summed E-state index contributed by atoms with van der Waals surface area (Å²) in [7, 11) is -2.09. The lowest BCUT2D eigenvalue weighted by Crippen LogP contribution is -2.29. The first-order valence-corrected chi connectivity index (χ1v) is 14.3. The molecule has 1 aliphatic rings. The fourth-order valence-corrected chi connectivity index (χ4v) is 5.59. The van der Waals surface area contributed by atoms with E-state index in [1.165, 1.54) is 7.11 Å². The number of carbonyl (C=O) groups is 1. The van der Waals surface area contributed by atoms with E-state index in [2.05, 4.69) is 15.0 Å². The van der Waals surface area contributed by atoms with Crippen LogP contribution in [0.2, 0.25) is 0 Å². The average molecular weight is 563 g/mol. The number of thiocarbonyl (C=S) groups is 1. The Bertz CT molecular complexity index is 1650. The summed E-state index contributed by atoms with van der Waals surface area (Å²) in [5.41, 5.74) is 3.92. The normalized spacial score (nSPS) is 17.1. The smallest absolute Gasteiger partial charge is 0.337 e. The number of ether oxygens (including phenoxy) is 1. The van der Waals surface area contributed by atoms with Crippen LogP contribution in [-0.2, 0) is 14.8 Å². The lowest BCUT2D eigenvalue weighted by molar-refractivity contribution is 0.0600.